The number of phenols is 1. The Morgan fingerprint density at radius 3 is 2.70 bits per heavy atom. The number of carbonyl (C=O) groups is 1. The first kappa shape index (κ1) is 16.0. The van der Waals surface area contributed by atoms with Gasteiger partial charge in [0, 0.05) is 5.69 Å². The number of benzene rings is 1. The minimum Gasteiger partial charge on any atom is -0.508 e. The van der Waals surface area contributed by atoms with Crippen molar-refractivity contribution in [3.05, 3.63) is 47.4 Å². The average Bonchev–Trinajstić information content (AvgIpc) is 3.09. The molecule has 0 saturated carbocycles. The normalized spacial score (nSPS) is 21.4. The van der Waals surface area contributed by atoms with Gasteiger partial charge >= 0.3 is 0 Å². The highest BCUT2D eigenvalue weighted by molar-refractivity contribution is 8.01. The molecule has 1 amide bonds. The Hall–Kier alpha value is -1.88. The summed E-state index contributed by atoms with van der Waals surface area (Å²) in [6.45, 7) is 7.89. The Bertz CT molecular complexity index is 724. The van der Waals surface area contributed by atoms with Crippen molar-refractivity contribution in [1.29, 1.82) is 0 Å². The van der Waals surface area contributed by atoms with Crippen molar-refractivity contribution in [3.63, 3.8) is 0 Å². The molecule has 23 heavy (non-hydrogen) atoms. The number of aryl methyl sites for hydroxylation is 1. The summed E-state index contributed by atoms with van der Waals surface area (Å²) in [6.07, 6.45) is 1.63. The first-order chi connectivity index (χ1) is 10.9. The van der Waals surface area contributed by atoms with Crippen molar-refractivity contribution in [3.8, 4) is 5.75 Å². The Labute approximate surface area is 140 Å². The molecule has 4 nitrogen and oxygen atoms in total. The number of amides is 1. The van der Waals surface area contributed by atoms with Crippen LogP contribution in [0, 0.1) is 6.92 Å². The summed E-state index contributed by atoms with van der Waals surface area (Å²) in [5.41, 5.74) is 2.57. The van der Waals surface area contributed by atoms with Crippen LogP contribution >= 0.6 is 11.8 Å². The molecule has 1 aromatic heterocycles. The molecule has 2 unspecified atom stereocenters. The molecule has 122 valence electrons. The number of thioether (sulfide) groups is 1. The predicted octanol–water partition coefficient (Wildman–Crippen LogP) is 4.58. The molecule has 0 spiro atoms. The Morgan fingerprint density at radius 1 is 1.35 bits per heavy atom. The van der Waals surface area contributed by atoms with Crippen LogP contribution in [-0.4, -0.2) is 16.3 Å². The van der Waals surface area contributed by atoms with Crippen LogP contribution in [0.15, 0.2) is 34.9 Å². The number of hydrogen-bond donors (Lipinski definition) is 1. The van der Waals surface area contributed by atoms with Gasteiger partial charge in [-0.1, -0.05) is 13.8 Å². The maximum Gasteiger partial charge on any atom is 0.241 e. The van der Waals surface area contributed by atoms with Gasteiger partial charge < -0.3 is 9.52 Å². The number of rotatable bonds is 3. The smallest absolute Gasteiger partial charge is 0.241 e. The van der Waals surface area contributed by atoms with Gasteiger partial charge in [-0.25, -0.2) is 0 Å². The lowest BCUT2D eigenvalue weighted by molar-refractivity contribution is -0.117. The molecule has 1 fully saturated rings. The summed E-state index contributed by atoms with van der Waals surface area (Å²) in [5.74, 6) is 1.30. The van der Waals surface area contributed by atoms with E-state index >= 15 is 0 Å². The third-order valence-electron chi connectivity index (χ3n) is 4.17. The van der Waals surface area contributed by atoms with E-state index in [1.807, 2.05) is 45.9 Å². The summed E-state index contributed by atoms with van der Waals surface area (Å²) < 4.78 is 5.54. The summed E-state index contributed by atoms with van der Waals surface area (Å²) >= 11 is 1.58. The van der Waals surface area contributed by atoms with E-state index in [4.69, 9.17) is 4.42 Å². The van der Waals surface area contributed by atoms with Crippen LogP contribution in [-0.2, 0) is 4.79 Å². The molecular formula is C18H21NO3S. The SMILES string of the molecule is Cc1cc(O)c(C(C)C)cc1N1C(=O)C(C)SC1c1ccco1. The number of nitrogens with zero attached hydrogens (tertiary/aromatic N) is 1. The van der Waals surface area contributed by atoms with Crippen LogP contribution in [0.3, 0.4) is 0 Å². The molecule has 1 aromatic carbocycles. The third kappa shape index (κ3) is 2.74. The topological polar surface area (TPSA) is 53.7 Å². The first-order valence-corrected chi connectivity index (χ1v) is 8.70. The fourth-order valence-corrected chi connectivity index (χ4v) is 4.14. The molecule has 0 aliphatic carbocycles. The molecule has 2 aromatic rings. The van der Waals surface area contributed by atoms with E-state index in [9.17, 15) is 9.90 Å². The van der Waals surface area contributed by atoms with Gasteiger partial charge in [0.05, 0.1) is 11.5 Å². The quantitative estimate of drug-likeness (QED) is 0.894. The zero-order valence-electron chi connectivity index (χ0n) is 13.7. The fraction of sp³-hybridized carbons (Fsp3) is 0.389. The zero-order chi connectivity index (χ0) is 16.7. The van der Waals surface area contributed by atoms with Gasteiger partial charge in [-0.05, 0) is 55.2 Å². The maximum atomic E-state index is 12.7. The van der Waals surface area contributed by atoms with Crippen LogP contribution < -0.4 is 4.90 Å². The van der Waals surface area contributed by atoms with Crippen molar-refractivity contribution < 1.29 is 14.3 Å². The van der Waals surface area contributed by atoms with Crippen LogP contribution in [0.5, 0.6) is 5.75 Å². The standard InChI is InChI=1S/C18H21NO3S/c1-10(2)13-9-14(11(3)8-15(13)20)19-17(21)12(4)23-18(19)16-6-5-7-22-16/h5-10,12,18,20H,1-4H3. The lowest BCUT2D eigenvalue weighted by Gasteiger charge is -2.25. The molecule has 1 N–H and O–H groups in total. The lowest BCUT2D eigenvalue weighted by atomic mass is 9.98. The highest BCUT2D eigenvalue weighted by Gasteiger charge is 2.41. The highest BCUT2D eigenvalue weighted by Crippen LogP contribution is 2.47. The van der Waals surface area contributed by atoms with Gasteiger partial charge in [0.2, 0.25) is 5.91 Å². The van der Waals surface area contributed by atoms with Crippen LogP contribution in [0.25, 0.3) is 0 Å². The van der Waals surface area contributed by atoms with Crippen LogP contribution in [0.2, 0.25) is 0 Å². The van der Waals surface area contributed by atoms with Crippen molar-refractivity contribution in [2.75, 3.05) is 4.90 Å². The fourth-order valence-electron chi connectivity index (χ4n) is 2.91. The predicted molar refractivity (Wildman–Crippen MR) is 92.9 cm³/mol. The summed E-state index contributed by atoms with van der Waals surface area (Å²) in [6, 6.07) is 7.41. The van der Waals surface area contributed by atoms with E-state index in [0.717, 1.165) is 22.6 Å². The second-order valence-corrected chi connectivity index (χ2v) is 7.63. The summed E-state index contributed by atoms with van der Waals surface area (Å²) in [7, 11) is 0. The maximum absolute atomic E-state index is 12.7. The van der Waals surface area contributed by atoms with E-state index in [2.05, 4.69) is 0 Å². The molecule has 2 atom stereocenters. The minimum absolute atomic E-state index is 0.0693. The van der Waals surface area contributed by atoms with E-state index in [1.165, 1.54) is 0 Å². The third-order valence-corrected chi connectivity index (χ3v) is 5.48. The highest BCUT2D eigenvalue weighted by atomic mass is 32.2. The molecule has 1 aliphatic heterocycles. The minimum atomic E-state index is -0.171. The lowest BCUT2D eigenvalue weighted by Crippen LogP contribution is -2.30. The van der Waals surface area contributed by atoms with Crippen molar-refractivity contribution in [2.24, 2.45) is 0 Å². The molecule has 5 heteroatoms. The Morgan fingerprint density at radius 2 is 2.09 bits per heavy atom. The van der Waals surface area contributed by atoms with E-state index in [0.29, 0.717) is 0 Å². The molecule has 0 bridgehead atoms. The van der Waals surface area contributed by atoms with Crippen LogP contribution in [0.1, 0.15) is 49.0 Å². The van der Waals surface area contributed by atoms with Gasteiger partial charge in [-0.15, -0.1) is 11.8 Å². The van der Waals surface area contributed by atoms with Crippen molar-refractivity contribution in [2.45, 2.75) is 44.2 Å². The number of furan rings is 1. The number of hydrogen-bond acceptors (Lipinski definition) is 4. The monoisotopic (exact) mass is 331 g/mol. The second-order valence-electron chi connectivity index (χ2n) is 6.21. The van der Waals surface area contributed by atoms with E-state index in [-0.39, 0.29) is 28.2 Å². The second kappa shape index (κ2) is 5.96. The van der Waals surface area contributed by atoms with Crippen molar-refractivity contribution >= 4 is 23.4 Å². The van der Waals surface area contributed by atoms with Gasteiger partial charge in [-0.3, -0.25) is 9.69 Å². The van der Waals surface area contributed by atoms with E-state index in [1.54, 1.807) is 29.0 Å². The number of aromatic hydroxyl groups is 1. The summed E-state index contributed by atoms with van der Waals surface area (Å²) in [4.78, 5) is 14.5. The molecule has 1 saturated heterocycles. The first-order valence-electron chi connectivity index (χ1n) is 7.75. The Balaban J connectivity index is 2.11. The van der Waals surface area contributed by atoms with Crippen LogP contribution in [0.4, 0.5) is 5.69 Å². The average molecular weight is 331 g/mol. The van der Waals surface area contributed by atoms with Gasteiger partial charge in [0.25, 0.3) is 0 Å². The molecule has 0 radical (unpaired) electrons. The van der Waals surface area contributed by atoms with E-state index < -0.39 is 0 Å². The van der Waals surface area contributed by atoms with Gasteiger partial charge in [0.1, 0.15) is 16.9 Å². The Kier molecular flexibility index (Phi) is 4.15. The van der Waals surface area contributed by atoms with Crippen molar-refractivity contribution in [1.82, 2.24) is 0 Å². The largest absolute Gasteiger partial charge is 0.508 e. The number of phenolic OH excluding ortho intramolecular Hbond substituents is 1. The van der Waals surface area contributed by atoms with Gasteiger partial charge in [-0.2, -0.15) is 0 Å². The molecular weight excluding hydrogens is 310 g/mol. The molecule has 1 aliphatic rings. The molecule has 2 heterocycles. The zero-order valence-corrected chi connectivity index (χ0v) is 14.6. The van der Waals surface area contributed by atoms with Gasteiger partial charge in [0.15, 0.2) is 0 Å². The summed E-state index contributed by atoms with van der Waals surface area (Å²) in [5, 5.41) is 9.87. The number of anilines is 1. The molecule has 3 rings (SSSR count). The number of carbonyl (C=O) groups excluding carboxylic acids is 1.